The summed E-state index contributed by atoms with van der Waals surface area (Å²) >= 11 is 0. The molecular weight excluding hydrogens is 304 g/mol. The van der Waals surface area contributed by atoms with Crippen LogP contribution >= 0.6 is 0 Å². The smallest absolute Gasteiger partial charge is 0.0319 e. The van der Waals surface area contributed by atoms with Gasteiger partial charge in [-0.3, -0.25) is 4.90 Å². The summed E-state index contributed by atoms with van der Waals surface area (Å²) in [5.74, 6) is 0.735. The molecule has 0 saturated carbocycles. The third-order valence-electron chi connectivity index (χ3n) is 6.14. The zero-order chi connectivity index (χ0) is 17.1. The van der Waals surface area contributed by atoms with E-state index in [0.717, 1.165) is 19.0 Å². The van der Waals surface area contributed by atoms with Crippen LogP contribution in [0.4, 0.5) is 0 Å². The number of benzene rings is 2. The first kappa shape index (κ1) is 16.8. The lowest BCUT2D eigenvalue weighted by Crippen LogP contribution is -2.26. The maximum atomic E-state index is 3.45. The normalized spacial score (nSPS) is 20.7. The molecule has 0 radical (unpaired) electrons. The Balaban J connectivity index is 1.46. The highest BCUT2D eigenvalue weighted by Gasteiger charge is 2.19. The quantitative estimate of drug-likeness (QED) is 0.848. The van der Waals surface area contributed by atoms with E-state index >= 15 is 0 Å². The predicted molar refractivity (Wildman–Crippen MR) is 106 cm³/mol. The Morgan fingerprint density at radius 3 is 2.00 bits per heavy atom. The minimum Gasteiger partial charge on any atom is -0.317 e. The zero-order valence-corrected chi connectivity index (χ0v) is 15.4. The Bertz CT molecular complexity index is 662. The van der Waals surface area contributed by atoms with Crippen molar-refractivity contribution in [1.82, 2.24) is 10.2 Å². The summed E-state index contributed by atoms with van der Waals surface area (Å²) in [4.78, 5) is 2.60. The molecule has 4 rings (SSSR count). The fraction of sp³-hybridized carbons (Fsp3) is 0.478. The number of hydrogen-bond donors (Lipinski definition) is 1. The van der Waals surface area contributed by atoms with Crippen molar-refractivity contribution in [2.24, 2.45) is 0 Å². The molecule has 2 nitrogen and oxygen atoms in total. The van der Waals surface area contributed by atoms with Crippen molar-refractivity contribution in [2.45, 2.75) is 44.6 Å². The second-order valence-electron chi connectivity index (χ2n) is 7.69. The van der Waals surface area contributed by atoms with Crippen molar-refractivity contribution in [1.29, 1.82) is 0 Å². The first-order chi connectivity index (χ1) is 12.3. The van der Waals surface area contributed by atoms with Crippen LogP contribution < -0.4 is 5.32 Å². The molecule has 1 N–H and O–H groups in total. The van der Waals surface area contributed by atoms with Crippen molar-refractivity contribution in [3.8, 4) is 11.1 Å². The largest absolute Gasteiger partial charge is 0.317 e. The summed E-state index contributed by atoms with van der Waals surface area (Å²) in [5, 5.41) is 3.45. The van der Waals surface area contributed by atoms with Gasteiger partial charge in [0.1, 0.15) is 0 Å². The summed E-state index contributed by atoms with van der Waals surface area (Å²) in [6.45, 7) is 7.16. The van der Waals surface area contributed by atoms with Gasteiger partial charge in [-0.15, -0.1) is 0 Å². The average molecular weight is 335 g/mol. The standard InChI is InChI=1S/C23H30N2/c1-18(25-16-2-3-17-25)19-4-6-20(7-5-19)21-8-10-22(11-9-21)23-12-14-24-15-13-23/h4-11,18,23-24H,2-3,12-17H2,1H3/t18-/m0/s1. The minimum atomic E-state index is 0.541. The fourth-order valence-electron chi connectivity index (χ4n) is 4.40. The molecule has 2 aromatic carbocycles. The van der Waals surface area contributed by atoms with Gasteiger partial charge in [-0.25, -0.2) is 0 Å². The topological polar surface area (TPSA) is 15.3 Å². The van der Waals surface area contributed by atoms with Gasteiger partial charge in [-0.2, -0.15) is 0 Å². The van der Waals surface area contributed by atoms with Crippen LogP contribution in [0, 0.1) is 0 Å². The van der Waals surface area contributed by atoms with Crippen LogP contribution in [0.2, 0.25) is 0 Å². The third kappa shape index (κ3) is 3.80. The van der Waals surface area contributed by atoms with E-state index in [9.17, 15) is 0 Å². The SMILES string of the molecule is C[C@@H](c1ccc(-c2ccc(C3CCNCC3)cc2)cc1)N1CCCC1. The molecule has 0 bridgehead atoms. The molecule has 0 amide bonds. The Labute approximate surface area is 152 Å². The highest BCUT2D eigenvalue weighted by molar-refractivity contribution is 5.64. The van der Waals surface area contributed by atoms with Gasteiger partial charge in [0.15, 0.2) is 0 Å². The van der Waals surface area contributed by atoms with Gasteiger partial charge in [-0.1, -0.05) is 48.5 Å². The van der Waals surface area contributed by atoms with Gasteiger partial charge in [0.05, 0.1) is 0 Å². The van der Waals surface area contributed by atoms with E-state index in [4.69, 9.17) is 0 Å². The van der Waals surface area contributed by atoms with Gasteiger partial charge >= 0.3 is 0 Å². The molecule has 2 aromatic rings. The van der Waals surface area contributed by atoms with E-state index in [1.54, 1.807) is 0 Å². The molecule has 0 unspecified atom stereocenters. The van der Waals surface area contributed by atoms with Crippen LogP contribution in [0.15, 0.2) is 48.5 Å². The third-order valence-corrected chi connectivity index (χ3v) is 6.14. The van der Waals surface area contributed by atoms with Gasteiger partial charge in [0.2, 0.25) is 0 Å². The number of nitrogens with one attached hydrogen (secondary N) is 1. The molecule has 0 spiro atoms. The van der Waals surface area contributed by atoms with Crippen molar-refractivity contribution < 1.29 is 0 Å². The van der Waals surface area contributed by atoms with Crippen LogP contribution in [0.3, 0.4) is 0 Å². The van der Waals surface area contributed by atoms with Crippen LogP contribution in [0.5, 0.6) is 0 Å². The predicted octanol–water partition coefficient (Wildman–Crippen LogP) is 4.98. The number of hydrogen-bond acceptors (Lipinski definition) is 2. The number of nitrogens with zero attached hydrogens (tertiary/aromatic N) is 1. The van der Waals surface area contributed by atoms with Gasteiger partial charge in [-0.05, 0) is 87.0 Å². The van der Waals surface area contributed by atoms with Crippen LogP contribution in [0.25, 0.3) is 11.1 Å². The second-order valence-corrected chi connectivity index (χ2v) is 7.69. The molecule has 2 heteroatoms. The van der Waals surface area contributed by atoms with Gasteiger partial charge in [0, 0.05) is 6.04 Å². The highest BCUT2D eigenvalue weighted by atomic mass is 15.2. The average Bonchev–Trinajstić information content (AvgIpc) is 3.23. The Morgan fingerprint density at radius 2 is 1.40 bits per heavy atom. The summed E-state index contributed by atoms with van der Waals surface area (Å²) in [5.41, 5.74) is 5.61. The van der Waals surface area contributed by atoms with Crippen LogP contribution in [-0.4, -0.2) is 31.1 Å². The maximum absolute atomic E-state index is 3.45. The molecule has 2 saturated heterocycles. The summed E-state index contributed by atoms with van der Waals surface area (Å²) < 4.78 is 0. The highest BCUT2D eigenvalue weighted by Crippen LogP contribution is 2.30. The Hall–Kier alpha value is -1.64. The molecule has 2 aliphatic rings. The molecule has 0 aromatic heterocycles. The number of likely N-dealkylation sites (tertiary alicyclic amines) is 1. The molecule has 1 atom stereocenters. The zero-order valence-electron chi connectivity index (χ0n) is 15.4. The number of rotatable bonds is 4. The second kappa shape index (κ2) is 7.72. The molecule has 132 valence electrons. The maximum Gasteiger partial charge on any atom is 0.0319 e. The van der Waals surface area contributed by atoms with Crippen molar-refractivity contribution in [3.63, 3.8) is 0 Å². The Morgan fingerprint density at radius 1 is 0.840 bits per heavy atom. The first-order valence-electron chi connectivity index (χ1n) is 9.96. The lowest BCUT2D eigenvalue weighted by molar-refractivity contribution is 0.263. The van der Waals surface area contributed by atoms with Gasteiger partial charge in [0.25, 0.3) is 0 Å². The molecule has 2 heterocycles. The van der Waals surface area contributed by atoms with E-state index in [1.807, 2.05) is 0 Å². The molecule has 0 aliphatic carbocycles. The molecule has 2 fully saturated rings. The minimum absolute atomic E-state index is 0.541. The lowest BCUT2D eigenvalue weighted by Gasteiger charge is -2.24. The van der Waals surface area contributed by atoms with E-state index in [-0.39, 0.29) is 0 Å². The fourth-order valence-corrected chi connectivity index (χ4v) is 4.40. The summed E-state index contributed by atoms with van der Waals surface area (Å²) in [6.07, 6.45) is 5.24. The number of piperidine rings is 1. The van der Waals surface area contributed by atoms with E-state index in [0.29, 0.717) is 6.04 Å². The summed E-state index contributed by atoms with van der Waals surface area (Å²) in [7, 11) is 0. The van der Waals surface area contributed by atoms with Crippen molar-refractivity contribution in [2.75, 3.05) is 26.2 Å². The Kier molecular flexibility index (Phi) is 5.19. The molecule has 2 aliphatic heterocycles. The molecule has 25 heavy (non-hydrogen) atoms. The lowest BCUT2D eigenvalue weighted by atomic mass is 9.89. The molecular formula is C23H30N2. The van der Waals surface area contributed by atoms with Gasteiger partial charge < -0.3 is 5.32 Å². The van der Waals surface area contributed by atoms with E-state index in [2.05, 4.69) is 65.7 Å². The van der Waals surface area contributed by atoms with E-state index in [1.165, 1.54) is 61.0 Å². The monoisotopic (exact) mass is 334 g/mol. The first-order valence-corrected chi connectivity index (χ1v) is 9.96. The van der Waals surface area contributed by atoms with E-state index < -0.39 is 0 Å². The van der Waals surface area contributed by atoms with Crippen molar-refractivity contribution >= 4 is 0 Å². The van der Waals surface area contributed by atoms with Crippen molar-refractivity contribution in [3.05, 3.63) is 59.7 Å². The van der Waals surface area contributed by atoms with Crippen LogP contribution in [-0.2, 0) is 0 Å². The van der Waals surface area contributed by atoms with Crippen LogP contribution in [0.1, 0.15) is 55.7 Å². The summed E-state index contributed by atoms with van der Waals surface area (Å²) in [6, 6.07) is 19.0.